The van der Waals surface area contributed by atoms with Gasteiger partial charge in [-0.2, -0.15) is 0 Å². The van der Waals surface area contributed by atoms with E-state index in [0.29, 0.717) is 17.5 Å². The number of rotatable bonds is 5. The van der Waals surface area contributed by atoms with E-state index >= 15 is 0 Å². The predicted octanol–water partition coefficient (Wildman–Crippen LogP) is 3.57. The van der Waals surface area contributed by atoms with Gasteiger partial charge in [0.15, 0.2) is 5.16 Å². The molecule has 0 saturated heterocycles. The summed E-state index contributed by atoms with van der Waals surface area (Å²) in [4.78, 5) is 11.9. The van der Waals surface area contributed by atoms with Gasteiger partial charge in [0.05, 0.1) is 6.54 Å². The number of nitrogens with zero attached hydrogens (tertiary/aromatic N) is 2. The van der Waals surface area contributed by atoms with Gasteiger partial charge < -0.3 is 0 Å². The van der Waals surface area contributed by atoms with E-state index in [9.17, 15) is 4.79 Å². The van der Waals surface area contributed by atoms with Crippen molar-refractivity contribution in [2.45, 2.75) is 17.5 Å². The molecule has 0 atom stereocenters. The molecule has 1 heterocycles. The van der Waals surface area contributed by atoms with Crippen molar-refractivity contribution in [1.29, 1.82) is 0 Å². The second-order valence-corrected chi connectivity index (χ2v) is 6.11. The second kappa shape index (κ2) is 6.85. The summed E-state index contributed by atoms with van der Waals surface area (Å²) in [7, 11) is 0. The third kappa shape index (κ3) is 3.43. The molecule has 0 aliphatic rings. The van der Waals surface area contributed by atoms with Crippen molar-refractivity contribution in [3.8, 4) is 0 Å². The third-order valence-corrected chi connectivity index (χ3v) is 4.62. The van der Waals surface area contributed by atoms with E-state index in [4.69, 9.17) is 11.6 Å². The molecular weight excluding hydrogens is 318 g/mol. The van der Waals surface area contributed by atoms with E-state index in [2.05, 4.69) is 10.2 Å². The third-order valence-electron chi connectivity index (χ3n) is 3.22. The number of hydrogen-bond acceptors (Lipinski definition) is 3. The predicted molar refractivity (Wildman–Crippen MR) is 89.4 cm³/mol. The van der Waals surface area contributed by atoms with Crippen molar-refractivity contribution >= 4 is 23.4 Å². The molecule has 0 radical (unpaired) electrons. The van der Waals surface area contributed by atoms with Crippen molar-refractivity contribution in [3.05, 3.63) is 81.2 Å². The van der Waals surface area contributed by atoms with Crippen LogP contribution in [-0.2, 0) is 12.3 Å². The first-order valence-electron chi connectivity index (χ1n) is 6.79. The maximum absolute atomic E-state index is 11.9. The van der Waals surface area contributed by atoms with Gasteiger partial charge in [0, 0.05) is 10.8 Å². The largest absolute Gasteiger partial charge is 0.344 e. The van der Waals surface area contributed by atoms with Gasteiger partial charge in [-0.05, 0) is 17.2 Å². The van der Waals surface area contributed by atoms with Crippen molar-refractivity contribution in [2.75, 3.05) is 0 Å². The van der Waals surface area contributed by atoms with Gasteiger partial charge >= 0.3 is 5.69 Å². The highest BCUT2D eigenvalue weighted by Crippen LogP contribution is 2.24. The van der Waals surface area contributed by atoms with Crippen LogP contribution in [0.1, 0.15) is 11.1 Å². The minimum atomic E-state index is -0.203. The normalized spacial score (nSPS) is 10.8. The number of thioether (sulfide) groups is 1. The summed E-state index contributed by atoms with van der Waals surface area (Å²) in [6.45, 7) is 0.501. The zero-order chi connectivity index (χ0) is 15.4. The van der Waals surface area contributed by atoms with E-state index in [1.807, 2.05) is 54.6 Å². The van der Waals surface area contributed by atoms with Crippen LogP contribution in [0.2, 0.25) is 5.02 Å². The molecule has 22 heavy (non-hydrogen) atoms. The fourth-order valence-corrected chi connectivity index (χ4v) is 3.31. The number of halogens is 1. The van der Waals surface area contributed by atoms with Gasteiger partial charge in [0.25, 0.3) is 0 Å². The van der Waals surface area contributed by atoms with E-state index in [0.717, 1.165) is 16.1 Å². The molecule has 0 amide bonds. The van der Waals surface area contributed by atoms with Crippen molar-refractivity contribution < 1.29 is 0 Å². The Labute approximate surface area is 137 Å². The monoisotopic (exact) mass is 331 g/mol. The summed E-state index contributed by atoms with van der Waals surface area (Å²) in [5.41, 5.74) is 1.88. The Hall–Kier alpha value is -1.98. The Kier molecular flexibility index (Phi) is 4.65. The fourth-order valence-electron chi connectivity index (χ4n) is 2.08. The Balaban J connectivity index is 1.78. The quantitative estimate of drug-likeness (QED) is 0.727. The summed E-state index contributed by atoms with van der Waals surface area (Å²) < 4.78 is 1.64. The van der Waals surface area contributed by atoms with Crippen molar-refractivity contribution in [2.24, 2.45) is 0 Å². The van der Waals surface area contributed by atoms with Crippen LogP contribution in [0.4, 0.5) is 0 Å². The van der Waals surface area contributed by atoms with Crippen molar-refractivity contribution in [3.63, 3.8) is 0 Å². The maximum atomic E-state index is 11.9. The van der Waals surface area contributed by atoms with Gasteiger partial charge in [0.2, 0.25) is 0 Å². The molecule has 4 nitrogen and oxygen atoms in total. The zero-order valence-electron chi connectivity index (χ0n) is 11.7. The molecule has 6 heteroatoms. The minimum absolute atomic E-state index is 0.203. The second-order valence-electron chi connectivity index (χ2n) is 4.76. The van der Waals surface area contributed by atoms with E-state index in [1.54, 1.807) is 4.57 Å². The zero-order valence-corrected chi connectivity index (χ0v) is 13.3. The number of aromatic amines is 1. The highest BCUT2D eigenvalue weighted by Gasteiger charge is 2.10. The minimum Gasteiger partial charge on any atom is -0.266 e. The van der Waals surface area contributed by atoms with Crippen LogP contribution in [-0.4, -0.2) is 14.8 Å². The smallest absolute Gasteiger partial charge is 0.266 e. The Bertz CT molecular complexity index is 814. The summed E-state index contributed by atoms with van der Waals surface area (Å²) in [5, 5.41) is 8.00. The SMILES string of the molecule is O=c1[nH]nc(SCc2ccccc2Cl)n1Cc1ccccc1. The molecule has 1 aromatic heterocycles. The Morgan fingerprint density at radius 1 is 1.09 bits per heavy atom. The standard InChI is InChI=1S/C16H14ClN3OS/c17-14-9-5-4-8-13(14)11-22-16-19-18-15(21)20(16)10-12-6-2-1-3-7-12/h1-9H,10-11H2,(H,18,21). The van der Waals surface area contributed by atoms with E-state index in [1.165, 1.54) is 11.8 Å². The van der Waals surface area contributed by atoms with Crippen LogP contribution in [0.5, 0.6) is 0 Å². The molecule has 1 N–H and O–H groups in total. The van der Waals surface area contributed by atoms with Crippen LogP contribution in [0.25, 0.3) is 0 Å². The molecule has 0 spiro atoms. The van der Waals surface area contributed by atoms with Gasteiger partial charge in [-0.15, -0.1) is 5.10 Å². The van der Waals surface area contributed by atoms with Gasteiger partial charge in [0.1, 0.15) is 0 Å². The highest BCUT2D eigenvalue weighted by atomic mass is 35.5. The van der Waals surface area contributed by atoms with Gasteiger partial charge in [-0.25, -0.2) is 9.89 Å². The molecule has 0 bridgehead atoms. The van der Waals surface area contributed by atoms with Crippen LogP contribution in [0, 0.1) is 0 Å². The lowest BCUT2D eigenvalue weighted by molar-refractivity contribution is 0.687. The summed E-state index contributed by atoms with van der Waals surface area (Å²) >= 11 is 7.65. The van der Waals surface area contributed by atoms with Crippen LogP contribution >= 0.6 is 23.4 Å². The lowest BCUT2D eigenvalue weighted by Crippen LogP contribution is -2.18. The molecule has 0 unspecified atom stereocenters. The van der Waals surface area contributed by atoms with Crippen LogP contribution in [0.15, 0.2) is 64.5 Å². The van der Waals surface area contributed by atoms with Gasteiger partial charge in [-0.3, -0.25) is 4.57 Å². The molecule has 0 aliphatic heterocycles. The molecule has 112 valence electrons. The number of H-pyrrole nitrogens is 1. The average molecular weight is 332 g/mol. The highest BCUT2D eigenvalue weighted by molar-refractivity contribution is 7.98. The van der Waals surface area contributed by atoms with Crippen LogP contribution in [0.3, 0.4) is 0 Å². The molecule has 0 saturated carbocycles. The fraction of sp³-hybridized carbons (Fsp3) is 0.125. The average Bonchev–Trinajstić information content (AvgIpc) is 2.88. The van der Waals surface area contributed by atoms with Gasteiger partial charge in [-0.1, -0.05) is 71.9 Å². The maximum Gasteiger partial charge on any atom is 0.344 e. The topological polar surface area (TPSA) is 50.7 Å². The lowest BCUT2D eigenvalue weighted by atomic mass is 10.2. The summed E-state index contributed by atoms with van der Waals surface area (Å²) in [5.74, 6) is 0.665. The molecule has 0 fully saturated rings. The molecule has 3 aromatic rings. The number of nitrogens with one attached hydrogen (secondary N) is 1. The number of aromatic nitrogens is 3. The number of hydrogen-bond donors (Lipinski definition) is 1. The summed E-state index contributed by atoms with van der Waals surface area (Å²) in [6.07, 6.45) is 0. The first-order chi connectivity index (χ1) is 10.7. The lowest BCUT2D eigenvalue weighted by Gasteiger charge is -2.06. The Morgan fingerprint density at radius 3 is 2.59 bits per heavy atom. The van der Waals surface area contributed by atoms with Crippen molar-refractivity contribution in [1.82, 2.24) is 14.8 Å². The number of benzene rings is 2. The van der Waals surface area contributed by atoms with E-state index < -0.39 is 0 Å². The van der Waals surface area contributed by atoms with Crippen LogP contribution < -0.4 is 5.69 Å². The summed E-state index contributed by atoms with van der Waals surface area (Å²) in [6, 6.07) is 17.5. The molecule has 3 rings (SSSR count). The first kappa shape index (κ1) is 14.9. The Morgan fingerprint density at radius 2 is 1.82 bits per heavy atom. The molecule has 2 aromatic carbocycles. The molecular formula is C16H14ClN3OS. The van der Waals surface area contributed by atoms with E-state index in [-0.39, 0.29) is 5.69 Å². The molecule has 0 aliphatic carbocycles. The first-order valence-corrected chi connectivity index (χ1v) is 8.16.